The maximum Gasteiger partial charge on any atom is 0.279 e. The van der Waals surface area contributed by atoms with Crippen molar-refractivity contribution in [2.24, 2.45) is 0 Å². The van der Waals surface area contributed by atoms with Gasteiger partial charge in [0.15, 0.2) is 16.6 Å². The van der Waals surface area contributed by atoms with Gasteiger partial charge >= 0.3 is 0 Å². The number of nitrogens with zero attached hydrogens (tertiary/aromatic N) is 4. The number of carbonyl (C=O) groups is 2. The molecule has 1 amide bonds. The zero-order chi connectivity index (χ0) is 19.8. The Kier molecular flexibility index (Phi) is 4.66. The van der Waals surface area contributed by atoms with Crippen LogP contribution in [0.3, 0.4) is 0 Å². The molecular formula is C19H14ClN5O2S. The van der Waals surface area contributed by atoms with Gasteiger partial charge in [0, 0.05) is 10.6 Å². The molecule has 7 nitrogen and oxygen atoms in total. The van der Waals surface area contributed by atoms with Crippen LogP contribution in [0.25, 0.3) is 15.9 Å². The summed E-state index contributed by atoms with van der Waals surface area (Å²) in [6, 6.07) is 12.3. The van der Waals surface area contributed by atoms with E-state index in [1.54, 1.807) is 49.4 Å². The fraction of sp³-hybridized carbons (Fsp3) is 0.105. The fourth-order valence-electron chi connectivity index (χ4n) is 2.66. The van der Waals surface area contributed by atoms with Crippen LogP contribution in [0, 0.1) is 6.92 Å². The number of hydrogen-bond donors (Lipinski definition) is 1. The first-order valence-corrected chi connectivity index (χ1v) is 9.53. The van der Waals surface area contributed by atoms with Crippen LogP contribution in [0.2, 0.25) is 5.02 Å². The van der Waals surface area contributed by atoms with Crippen molar-refractivity contribution < 1.29 is 9.59 Å². The lowest BCUT2D eigenvalue weighted by Gasteiger charge is -1.99. The van der Waals surface area contributed by atoms with Crippen LogP contribution < -0.4 is 5.32 Å². The molecule has 0 atom stereocenters. The lowest BCUT2D eigenvalue weighted by atomic mass is 10.1. The molecule has 28 heavy (non-hydrogen) atoms. The Hall–Kier alpha value is -3.10. The number of amides is 1. The number of rotatable bonds is 4. The Bertz CT molecular complexity index is 1230. The highest BCUT2D eigenvalue weighted by Gasteiger charge is 2.18. The number of Topliss-reactive ketones (excluding diaryl/α,β-unsaturated/α-hetero) is 1. The molecule has 0 fully saturated rings. The molecular weight excluding hydrogens is 398 g/mol. The van der Waals surface area contributed by atoms with E-state index in [0.717, 1.165) is 4.70 Å². The van der Waals surface area contributed by atoms with E-state index in [-0.39, 0.29) is 11.5 Å². The van der Waals surface area contributed by atoms with E-state index in [0.29, 0.717) is 32.6 Å². The number of carbonyl (C=O) groups excluding carboxylic acids is 2. The number of fused-ring (bicyclic) bond motifs is 1. The van der Waals surface area contributed by atoms with E-state index in [9.17, 15) is 9.59 Å². The van der Waals surface area contributed by atoms with E-state index in [1.165, 1.54) is 23.1 Å². The molecule has 4 rings (SSSR count). The average Bonchev–Trinajstić information content (AvgIpc) is 3.23. The van der Waals surface area contributed by atoms with E-state index >= 15 is 0 Å². The maximum atomic E-state index is 12.7. The molecule has 0 saturated carbocycles. The smallest absolute Gasteiger partial charge is 0.279 e. The molecule has 0 aliphatic rings. The van der Waals surface area contributed by atoms with Crippen LogP contribution in [0.1, 0.15) is 33.5 Å². The number of aryl methyl sites for hydroxylation is 1. The highest BCUT2D eigenvalue weighted by molar-refractivity contribution is 7.22. The first-order chi connectivity index (χ1) is 13.4. The molecule has 4 aromatic rings. The number of ketones is 1. The van der Waals surface area contributed by atoms with Gasteiger partial charge < -0.3 is 0 Å². The number of aromatic nitrogens is 4. The summed E-state index contributed by atoms with van der Waals surface area (Å²) in [5.41, 5.74) is 2.66. The third kappa shape index (κ3) is 3.51. The van der Waals surface area contributed by atoms with Crippen molar-refractivity contribution in [3.05, 3.63) is 64.4 Å². The average molecular weight is 412 g/mol. The Morgan fingerprint density at radius 1 is 1.14 bits per heavy atom. The number of halogens is 1. The SMILES string of the molecule is CC(=O)c1ccc2nc(NC(=O)c3nn(-c4cccc(Cl)c4)nc3C)sc2c1. The van der Waals surface area contributed by atoms with Crippen molar-refractivity contribution in [2.45, 2.75) is 13.8 Å². The summed E-state index contributed by atoms with van der Waals surface area (Å²) in [6.45, 7) is 3.22. The number of nitrogens with one attached hydrogen (secondary N) is 1. The van der Waals surface area contributed by atoms with Crippen LogP contribution in [0.15, 0.2) is 42.5 Å². The summed E-state index contributed by atoms with van der Waals surface area (Å²) < 4.78 is 0.822. The van der Waals surface area contributed by atoms with Crippen LogP contribution in [-0.2, 0) is 0 Å². The zero-order valence-corrected chi connectivity index (χ0v) is 16.5. The normalized spacial score (nSPS) is 11.0. The van der Waals surface area contributed by atoms with Crippen molar-refractivity contribution in [1.82, 2.24) is 20.0 Å². The van der Waals surface area contributed by atoms with E-state index < -0.39 is 5.91 Å². The Morgan fingerprint density at radius 2 is 1.96 bits per heavy atom. The molecule has 9 heteroatoms. The third-order valence-corrected chi connectivity index (χ3v) is 5.22. The molecule has 1 N–H and O–H groups in total. The maximum absolute atomic E-state index is 12.7. The monoisotopic (exact) mass is 411 g/mol. The highest BCUT2D eigenvalue weighted by atomic mass is 35.5. The van der Waals surface area contributed by atoms with Crippen molar-refractivity contribution in [3.63, 3.8) is 0 Å². The summed E-state index contributed by atoms with van der Waals surface area (Å²) in [7, 11) is 0. The number of anilines is 1. The minimum Gasteiger partial charge on any atom is -0.296 e. The molecule has 0 aliphatic heterocycles. The molecule has 0 saturated heterocycles. The quantitative estimate of drug-likeness (QED) is 0.506. The van der Waals surface area contributed by atoms with Crippen molar-refractivity contribution in [3.8, 4) is 5.69 Å². The van der Waals surface area contributed by atoms with E-state index in [4.69, 9.17) is 11.6 Å². The summed E-state index contributed by atoms with van der Waals surface area (Å²) in [5, 5.41) is 12.3. The lowest BCUT2D eigenvalue weighted by molar-refractivity contribution is 0.101. The molecule has 0 radical (unpaired) electrons. The van der Waals surface area contributed by atoms with Crippen LogP contribution >= 0.6 is 22.9 Å². The van der Waals surface area contributed by atoms with E-state index in [2.05, 4.69) is 20.5 Å². The highest BCUT2D eigenvalue weighted by Crippen LogP contribution is 2.27. The topological polar surface area (TPSA) is 89.8 Å². The Labute approximate surface area is 169 Å². The first-order valence-electron chi connectivity index (χ1n) is 8.33. The van der Waals surface area contributed by atoms with Crippen LogP contribution in [0.4, 0.5) is 5.13 Å². The van der Waals surface area contributed by atoms with Gasteiger partial charge in [-0.3, -0.25) is 14.9 Å². The molecule has 0 unspecified atom stereocenters. The third-order valence-electron chi connectivity index (χ3n) is 4.05. The van der Waals surface area contributed by atoms with Gasteiger partial charge in [0.25, 0.3) is 5.91 Å². The largest absolute Gasteiger partial charge is 0.296 e. The van der Waals surface area contributed by atoms with Gasteiger partial charge in [-0.2, -0.15) is 9.90 Å². The summed E-state index contributed by atoms with van der Waals surface area (Å²) >= 11 is 7.30. The van der Waals surface area contributed by atoms with Gasteiger partial charge in [-0.25, -0.2) is 4.98 Å². The second kappa shape index (κ2) is 7.14. The molecule has 140 valence electrons. The summed E-state index contributed by atoms with van der Waals surface area (Å²) in [4.78, 5) is 29.9. The second-order valence-corrected chi connectivity index (χ2v) is 7.58. The lowest BCUT2D eigenvalue weighted by Crippen LogP contribution is -2.14. The van der Waals surface area contributed by atoms with Crippen LogP contribution in [0.5, 0.6) is 0 Å². The Morgan fingerprint density at radius 3 is 2.71 bits per heavy atom. The van der Waals surface area contributed by atoms with Crippen LogP contribution in [-0.4, -0.2) is 31.7 Å². The first kappa shape index (κ1) is 18.3. The number of thiazole rings is 1. The predicted molar refractivity (Wildman–Crippen MR) is 109 cm³/mol. The zero-order valence-electron chi connectivity index (χ0n) is 14.9. The minimum absolute atomic E-state index is 0.0193. The molecule has 0 aliphatic carbocycles. The van der Waals surface area contributed by atoms with E-state index in [1.807, 2.05) is 0 Å². The van der Waals surface area contributed by atoms with Gasteiger partial charge in [-0.1, -0.05) is 29.0 Å². The van der Waals surface area contributed by atoms with Gasteiger partial charge in [0.05, 0.1) is 21.6 Å². The fourth-order valence-corrected chi connectivity index (χ4v) is 3.74. The van der Waals surface area contributed by atoms with Gasteiger partial charge in [0.1, 0.15) is 0 Å². The summed E-state index contributed by atoms with van der Waals surface area (Å²) in [6.07, 6.45) is 0. The molecule has 2 aromatic heterocycles. The number of hydrogen-bond acceptors (Lipinski definition) is 6. The molecule has 0 bridgehead atoms. The molecule has 2 aromatic carbocycles. The van der Waals surface area contributed by atoms with Crippen molar-refractivity contribution in [2.75, 3.05) is 5.32 Å². The Balaban J connectivity index is 1.60. The minimum atomic E-state index is -0.406. The molecule has 0 spiro atoms. The predicted octanol–water partition coefficient (Wildman–Crippen LogP) is 4.29. The van der Waals surface area contributed by atoms with Crippen molar-refractivity contribution >= 4 is 50.0 Å². The van der Waals surface area contributed by atoms with Gasteiger partial charge in [0.2, 0.25) is 0 Å². The molecule has 2 heterocycles. The summed E-state index contributed by atoms with van der Waals surface area (Å²) in [5.74, 6) is -0.425. The van der Waals surface area contributed by atoms with Gasteiger partial charge in [-0.15, -0.1) is 5.10 Å². The van der Waals surface area contributed by atoms with Gasteiger partial charge in [-0.05, 0) is 50.2 Å². The van der Waals surface area contributed by atoms with Crippen molar-refractivity contribution in [1.29, 1.82) is 0 Å². The number of benzene rings is 2. The second-order valence-electron chi connectivity index (χ2n) is 6.12. The standard InChI is InChI=1S/C19H14ClN5O2S/c1-10-17(24-25(23-10)14-5-3-4-13(20)9-14)18(27)22-19-21-15-7-6-12(11(2)26)8-16(15)28-19/h3-9H,1-2H3,(H,21,22,27).